The molecule has 15 heavy (non-hydrogen) atoms. The summed E-state index contributed by atoms with van der Waals surface area (Å²) in [7, 11) is 0. The van der Waals surface area contributed by atoms with Gasteiger partial charge in [0.15, 0.2) is 0 Å². The number of aromatic nitrogens is 3. The molecule has 0 aliphatic carbocycles. The minimum absolute atomic E-state index is 0.0560. The van der Waals surface area contributed by atoms with Crippen LogP contribution < -0.4 is 5.73 Å². The highest BCUT2D eigenvalue weighted by molar-refractivity contribution is 5.89. The van der Waals surface area contributed by atoms with Gasteiger partial charge in [0.2, 0.25) is 0 Å². The Bertz CT molecular complexity index is 488. The summed E-state index contributed by atoms with van der Waals surface area (Å²) in [5, 5.41) is 0.245. The van der Waals surface area contributed by atoms with Crippen LogP contribution in [-0.4, -0.2) is 21.1 Å². The molecule has 0 bridgehead atoms. The molecule has 3 N–H and O–H groups in total. The zero-order valence-electron chi connectivity index (χ0n) is 7.47. The summed E-state index contributed by atoms with van der Waals surface area (Å²) in [6, 6.07) is 0. The monoisotopic (exact) mass is 216 g/mol. The Morgan fingerprint density at radius 3 is 2.73 bits per heavy atom. The van der Waals surface area contributed by atoms with Crippen LogP contribution in [0.15, 0.2) is 12.5 Å². The molecule has 0 radical (unpaired) electrons. The second kappa shape index (κ2) is 3.11. The van der Waals surface area contributed by atoms with E-state index in [-0.39, 0.29) is 16.8 Å². The molecule has 0 fully saturated rings. The number of alkyl halides is 3. The molecule has 0 aliphatic heterocycles. The van der Waals surface area contributed by atoms with Gasteiger partial charge in [-0.15, -0.1) is 0 Å². The van der Waals surface area contributed by atoms with Gasteiger partial charge in [-0.25, -0.2) is 9.97 Å². The van der Waals surface area contributed by atoms with Crippen LogP contribution in [0, 0.1) is 0 Å². The van der Waals surface area contributed by atoms with Crippen LogP contribution in [0.2, 0.25) is 0 Å². The molecule has 80 valence electrons. The summed E-state index contributed by atoms with van der Waals surface area (Å²) < 4.78 is 36.5. The standard InChI is InChI=1S/C8H7F3N4/c9-8(10,11)1-4-2-13-7-5(4)6(12)14-3-15-7/h2-3H,1H2,(H3,12,13,14,15). The van der Waals surface area contributed by atoms with Crippen molar-refractivity contribution < 1.29 is 13.2 Å². The van der Waals surface area contributed by atoms with E-state index in [0.717, 1.165) is 0 Å². The average Bonchev–Trinajstić information content (AvgIpc) is 2.47. The Morgan fingerprint density at radius 2 is 2.07 bits per heavy atom. The number of H-pyrrole nitrogens is 1. The van der Waals surface area contributed by atoms with E-state index in [1.54, 1.807) is 0 Å². The maximum Gasteiger partial charge on any atom is 0.393 e. The minimum Gasteiger partial charge on any atom is -0.383 e. The lowest BCUT2D eigenvalue weighted by atomic mass is 10.1. The molecule has 0 amide bonds. The predicted octanol–water partition coefficient (Wildman–Crippen LogP) is 1.64. The molecule has 4 nitrogen and oxygen atoms in total. The van der Waals surface area contributed by atoms with Crippen molar-refractivity contribution >= 4 is 16.9 Å². The topological polar surface area (TPSA) is 67.6 Å². The van der Waals surface area contributed by atoms with Crippen molar-refractivity contribution in [1.82, 2.24) is 15.0 Å². The number of nitrogens with one attached hydrogen (secondary N) is 1. The van der Waals surface area contributed by atoms with Gasteiger partial charge < -0.3 is 10.7 Å². The number of nitrogens with zero attached hydrogens (tertiary/aromatic N) is 2. The fourth-order valence-corrected chi connectivity index (χ4v) is 1.41. The highest BCUT2D eigenvalue weighted by atomic mass is 19.4. The molecule has 0 unspecified atom stereocenters. The van der Waals surface area contributed by atoms with Gasteiger partial charge in [-0.1, -0.05) is 0 Å². The summed E-state index contributed by atoms with van der Waals surface area (Å²) in [5.74, 6) is 0.0560. The van der Waals surface area contributed by atoms with E-state index >= 15 is 0 Å². The van der Waals surface area contributed by atoms with Gasteiger partial charge >= 0.3 is 6.18 Å². The van der Waals surface area contributed by atoms with Crippen LogP contribution in [0.1, 0.15) is 5.56 Å². The summed E-state index contributed by atoms with van der Waals surface area (Å²) in [6.45, 7) is 0. The van der Waals surface area contributed by atoms with Crippen LogP contribution in [0.25, 0.3) is 11.0 Å². The van der Waals surface area contributed by atoms with Crippen LogP contribution in [0.5, 0.6) is 0 Å². The number of hydrogen-bond acceptors (Lipinski definition) is 3. The van der Waals surface area contributed by atoms with E-state index in [2.05, 4.69) is 15.0 Å². The first-order chi connectivity index (χ1) is 6.97. The lowest BCUT2D eigenvalue weighted by molar-refractivity contribution is -0.126. The van der Waals surface area contributed by atoms with E-state index < -0.39 is 12.6 Å². The minimum atomic E-state index is -4.27. The fourth-order valence-electron chi connectivity index (χ4n) is 1.41. The van der Waals surface area contributed by atoms with Gasteiger partial charge in [0.25, 0.3) is 0 Å². The largest absolute Gasteiger partial charge is 0.393 e. The van der Waals surface area contributed by atoms with Crippen LogP contribution >= 0.6 is 0 Å². The Hall–Kier alpha value is -1.79. The number of aromatic amines is 1. The van der Waals surface area contributed by atoms with E-state index in [9.17, 15) is 13.2 Å². The van der Waals surface area contributed by atoms with Crippen LogP contribution in [0.3, 0.4) is 0 Å². The Balaban J connectivity index is 2.53. The molecule has 2 heterocycles. The number of halogens is 3. The lowest BCUT2D eigenvalue weighted by Gasteiger charge is -2.04. The second-order valence-electron chi connectivity index (χ2n) is 3.09. The van der Waals surface area contributed by atoms with Gasteiger partial charge in [0, 0.05) is 6.20 Å². The zero-order valence-corrected chi connectivity index (χ0v) is 7.47. The molecule has 2 rings (SSSR count). The number of nitrogens with two attached hydrogens (primary N) is 1. The van der Waals surface area contributed by atoms with E-state index in [1.165, 1.54) is 12.5 Å². The van der Waals surface area contributed by atoms with Crippen molar-refractivity contribution in [3.63, 3.8) is 0 Å². The summed E-state index contributed by atoms with van der Waals surface area (Å²) in [6.07, 6.45) is -2.85. The van der Waals surface area contributed by atoms with Gasteiger partial charge in [-0.05, 0) is 5.56 Å². The quantitative estimate of drug-likeness (QED) is 0.761. The maximum atomic E-state index is 12.2. The van der Waals surface area contributed by atoms with Crippen molar-refractivity contribution in [1.29, 1.82) is 0 Å². The SMILES string of the molecule is Nc1ncnc2[nH]cc(CC(F)(F)F)c12. The highest BCUT2D eigenvalue weighted by Crippen LogP contribution is 2.27. The number of nitrogen functional groups attached to an aromatic ring is 1. The second-order valence-corrected chi connectivity index (χ2v) is 3.09. The molecule has 2 aromatic rings. The molecule has 0 spiro atoms. The Labute approximate surface area is 82.3 Å². The molecular weight excluding hydrogens is 209 g/mol. The molecular formula is C8H7F3N4. The lowest BCUT2D eigenvalue weighted by Crippen LogP contribution is -2.11. The van der Waals surface area contributed by atoms with Crippen LogP contribution in [-0.2, 0) is 6.42 Å². The summed E-state index contributed by atoms with van der Waals surface area (Å²) >= 11 is 0. The molecule has 0 aliphatic rings. The first-order valence-corrected chi connectivity index (χ1v) is 4.10. The molecule has 0 atom stereocenters. The molecule has 2 aromatic heterocycles. The third-order valence-corrected chi connectivity index (χ3v) is 1.97. The number of hydrogen-bond donors (Lipinski definition) is 2. The smallest absolute Gasteiger partial charge is 0.383 e. The Kier molecular flexibility index (Phi) is 2.02. The van der Waals surface area contributed by atoms with Gasteiger partial charge in [0.1, 0.15) is 17.8 Å². The van der Waals surface area contributed by atoms with Crippen molar-refractivity contribution in [2.75, 3.05) is 5.73 Å². The molecule has 7 heteroatoms. The summed E-state index contributed by atoms with van der Waals surface area (Å²) in [4.78, 5) is 10.0. The number of anilines is 1. The molecule has 0 saturated heterocycles. The Morgan fingerprint density at radius 1 is 1.33 bits per heavy atom. The van der Waals surface area contributed by atoms with Crippen molar-refractivity contribution in [2.45, 2.75) is 12.6 Å². The predicted molar refractivity (Wildman–Crippen MR) is 48.1 cm³/mol. The average molecular weight is 216 g/mol. The highest BCUT2D eigenvalue weighted by Gasteiger charge is 2.29. The first kappa shape index (κ1) is 9.75. The molecule has 0 aromatic carbocycles. The van der Waals surface area contributed by atoms with Crippen molar-refractivity contribution in [3.05, 3.63) is 18.1 Å². The third kappa shape index (κ3) is 1.85. The zero-order chi connectivity index (χ0) is 11.1. The fraction of sp³-hybridized carbons (Fsp3) is 0.250. The molecule has 0 saturated carbocycles. The summed E-state index contributed by atoms with van der Waals surface area (Å²) in [5.41, 5.74) is 5.87. The van der Waals surface area contributed by atoms with Crippen molar-refractivity contribution in [3.8, 4) is 0 Å². The number of fused-ring (bicyclic) bond motifs is 1. The number of rotatable bonds is 1. The first-order valence-electron chi connectivity index (χ1n) is 4.10. The van der Waals surface area contributed by atoms with Crippen molar-refractivity contribution in [2.24, 2.45) is 0 Å². The normalized spacial score (nSPS) is 12.2. The van der Waals surface area contributed by atoms with E-state index in [0.29, 0.717) is 5.65 Å². The maximum absolute atomic E-state index is 12.2. The van der Waals surface area contributed by atoms with E-state index in [1.807, 2.05) is 0 Å². The third-order valence-electron chi connectivity index (χ3n) is 1.97. The van der Waals surface area contributed by atoms with Gasteiger partial charge in [-0.2, -0.15) is 13.2 Å². The van der Waals surface area contributed by atoms with Crippen LogP contribution in [0.4, 0.5) is 19.0 Å². The van der Waals surface area contributed by atoms with Gasteiger partial charge in [0.05, 0.1) is 11.8 Å². The van der Waals surface area contributed by atoms with E-state index in [4.69, 9.17) is 5.73 Å². The van der Waals surface area contributed by atoms with Gasteiger partial charge in [-0.3, -0.25) is 0 Å².